The maximum absolute atomic E-state index is 11.7. The van der Waals surface area contributed by atoms with Crippen LogP contribution in [0.15, 0.2) is 0 Å². The van der Waals surface area contributed by atoms with Crippen LogP contribution in [0, 0.1) is 5.92 Å². The molecule has 1 saturated carbocycles. The van der Waals surface area contributed by atoms with Gasteiger partial charge in [0.15, 0.2) is 0 Å². The van der Waals surface area contributed by atoms with E-state index in [-0.39, 0.29) is 5.91 Å². The van der Waals surface area contributed by atoms with Gasteiger partial charge in [0, 0.05) is 17.7 Å². The van der Waals surface area contributed by atoms with E-state index in [1.165, 1.54) is 19.3 Å². The highest BCUT2D eigenvalue weighted by Crippen LogP contribution is 2.31. The Kier molecular flexibility index (Phi) is 7.02. The normalized spacial score (nSPS) is 29.0. The van der Waals surface area contributed by atoms with Gasteiger partial charge in [-0.2, -0.15) is 11.8 Å². The molecule has 0 aromatic rings. The molecule has 3 unspecified atom stereocenters. The zero-order chi connectivity index (χ0) is 12.7. The molecule has 17 heavy (non-hydrogen) atoms. The van der Waals surface area contributed by atoms with Crippen LogP contribution in [-0.4, -0.2) is 23.5 Å². The second-order valence-electron chi connectivity index (χ2n) is 5.29. The molecule has 1 aliphatic rings. The van der Waals surface area contributed by atoms with E-state index in [2.05, 4.69) is 25.4 Å². The Morgan fingerprint density at radius 3 is 2.76 bits per heavy atom. The van der Waals surface area contributed by atoms with Crippen molar-refractivity contribution in [2.45, 2.75) is 70.1 Å². The molecule has 100 valence electrons. The molecule has 1 amide bonds. The highest BCUT2D eigenvalue weighted by Gasteiger charge is 2.27. The van der Waals surface area contributed by atoms with Gasteiger partial charge in [-0.3, -0.25) is 4.79 Å². The highest BCUT2D eigenvalue weighted by atomic mass is 32.2. The minimum absolute atomic E-state index is 0.262. The Labute approximate surface area is 110 Å². The van der Waals surface area contributed by atoms with Gasteiger partial charge in [-0.15, -0.1) is 0 Å². The molecule has 0 aliphatic heterocycles. The molecule has 0 spiro atoms. The fourth-order valence-corrected chi connectivity index (χ4v) is 3.60. The second kappa shape index (κ2) is 8.02. The monoisotopic (exact) mass is 257 g/mol. The van der Waals surface area contributed by atoms with E-state index in [4.69, 9.17) is 0 Å². The summed E-state index contributed by atoms with van der Waals surface area (Å²) in [5.41, 5.74) is 0. The van der Waals surface area contributed by atoms with Crippen molar-refractivity contribution < 1.29 is 4.79 Å². The molecule has 0 aromatic heterocycles. The summed E-state index contributed by atoms with van der Waals surface area (Å²) >= 11 is 1.95. The molecule has 0 bridgehead atoms. The molecule has 1 fully saturated rings. The van der Waals surface area contributed by atoms with Crippen molar-refractivity contribution >= 4 is 17.7 Å². The SMILES string of the molecule is CCCCCC(=O)NC1CCC(C)C(SC)C1. The Hall–Kier alpha value is -0.180. The van der Waals surface area contributed by atoms with Gasteiger partial charge in [0.1, 0.15) is 0 Å². The lowest BCUT2D eigenvalue weighted by Crippen LogP contribution is -2.41. The first-order valence-electron chi connectivity index (χ1n) is 6.99. The average molecular weight is 257 g/mol. The summed E-state index contributed by atoms with van der Waals surface area (Å²) in [4.78, 5) is 11.7. The molecule has 0 aromatic carbocycles. The Bertz CT molecular complexity index is 232. The minimum atomic E-state index is 0.262. The van der Waals surface area contributed by atoms with E-state index in [0.717, 1.165) is 30.4 Å². The average Bonchev–Trinajstić information content (AvgIpc) is 2.32. The summed E-state index contributed by atoms with van der Waals surface area (Å²) in [6.07, 6.45) is 9.87. The third kappa shape index (κ3) is 5.33. The van der Waals surface area contributed by atoms with Crippen molar-refractivity contribution in [3.8, 4) is 0 Å². The zero-order valence-electron chi connectivity index (χ0n) is 11.5. The van der Waals surface area contributed by atoms with Crippen LogP contribution < -0.4 is 5.32 Å². The second-order valence-corrected chi connectivity index (χ2v) is 6.36. The molecule has 1 aliphatic carbocycles. The van der Waals surface area contributed by atoms with Gasteiger partial charge < -0.3 is 5.32 Å². The predicted molar refractivity (Wildman–Crippen MR) is 76.4 cm³/mol. The minimum Gasteiger partial charge on any atom is -0.353 e. The number of hydrogen-bond donors (Lipinski definition) is 1. The van der Waals surface area contributed by atoms with Crippen LogP contribution in [0.1, 0.15) is 58.8 Å². The molecule has 1 rings (SSSR count). The van der Waals surface area contributed by atoms with Crippen LogP contribution in [0.5, 0.6) is 0 Å². The van der Waals surface area contributed by atoms with E-state index in [0.29, 0.717) is 12.5 Å². The van der Waals surface area contributed by atoms with Gasteiger partial charge in [0.05, 0.1) is 0 Å². The van der Waals surface area contributed by atoms with Crippen LogP contribution in [0.4, 0.5) is 0 Å². The Morgan fingerprint density at radius 1 is 1.35 bits per heavy atom. The van der Waals surface area contributed by atoms with Crippen molar-refractivity contribution in [1.29, 1.82) is 0 Å². The third-order valence-electron chi connectivity index (χ3n) is 3.80. The number of thioether (sulfide) groups is 1. The summed E-state index contributed by atoms with van der Waals surface area (Å²) in [5.74, 6) is 1.07. The van der Waals surface area contributed by atoms with E-state index in [1.807, 2.05) is 11.8 Å². The topological polar surface area (TPSA) is 29.1 Å². The van der Waals surface area contributed by atoms with Gasteiger partial charge in [0.25, 0.3) is 0 Å². The van der Waals surface area contributed by atoms with E-state index >= 15 is 0 Å². The summed E-state index contributed by atoms with van der Waals surface area (Å²) in [7, 11) is 0. The van der Waals surface area contributed by atoms with Crippen molar-refractivity contribution in [3.63, 3.8) is 0 Å². The summed E-state index contributed by atoms with van der Waals surface area (Å²) in [6.45, 7) is 4.50. The molecular weight excluding hydrogens is 230 g/mol. The molecule has 0 radical (unpaired) electrons. The highest BCUT2D eigenvalue weighted by molar-refractivity contribution is 7.99. The number of hydrogen-bond acceptors (Lipinski definition) is 2. The molecule has 0 saturated heterocycles. The van der Waals surface area contributed by atoms with Gasteiger partial charge in [-0.25, -0.2) is 0 Å². The smallest absolute Gasteiger partial charge is 0.220 e. The maximum Gasteiger partial charge on any atom is 0.220 e. The molecule has 1 N–H and O–H groups in total. The molecule has 0 heterocycles. The van der Waals surface area contributed by atoms with Crippen LogP contribution in [0.25, 0.3) is 0 Å². The van der Waals surface area contributed by atoms with Gasteiger partial charge in [-0.1, -0.05) is 26.7 Å². The summed E-state index contributed by atoms with van der Waals surface area (Å²) < 4.78 is 0. The number of amides is 1. The van der Waals surface area contributed by atoms with E-state index in [9.17, 15) is 4.79 Å². The fraction of sp³-hybridized carbons (Fsp3) is 0.929. The predicted octanol–water partition coefficient (Wildman–Crippen LogP) is 3.60. The number of carbonyl (C=O) groups excluding carboxylic acids is 1. The lowest BCUT2D eigenvalue weighted by atomic mass is 9.86. The Morgan fingerprint density at radius 2 is 2.12 bits per heavy atom. The van der Waals surface area contributed by atoms with Crippen molar-refractivity contribution in [2.75, 3.05) is 6.26 Å². The molecular formula is C14H27NOS. The van der Waals surface area contributed by atoms with Crippen LogP contribution in [0.3, 0.4) is 0 Å². The summed E-state index contributed by atoms with van der Waals surface area (Å²) in [5, 5.41) is 3.94. The first-order valence-corrected chi connectivity index (χ1v) is 8.28. The standard InChI is InChI=1S/C14H27NOS/c1-4-5-6-7-14(16)15-12-9-8-11(2)13(10-12)17-3/h11-13H,4-10H2,1-3H3,(H,15,16). The summed E-state index contributed by atoms with van der Waals surface area (Å²) in [6, 6.07) is 0.428. The largest absolute Gasteiger partial charge is 0.353 e. The molecule has 3 atom stereocenters. The lowest BCUT2D eigenvalue weighted by Gasteiger charge is -2.33. The first kappa shape index (κ1) is 14.9. The Balaban J connectivity index is 2.24. The maximum atomic E-state index is 11.7. The number of rotatable bonds is 6. The fourth-order valence-electron chi connectivity index (χ4n) is 2.58. The van der Waals surface area contributed by atoms with Gasteiger partial charge in [0.2, 0.25) is 5.91 Å². The van der Waals surface area contributed by atoms with Crippen molar-refractivity contribution in [1.82, 2.24) is 5.32 Å². The lowest BCUT2D eigenvalue weighted by molar-refractivity contribution is -0.122. The third-order valence-corrected chi connectivity index (χ3v) is 5.06. The van der Waals surface area contributed by atoms with E-state index in [1.54, 1.807) is 0 Å². The molecule has 2 nitrogen and oxygen atoms in total. The van der Waals surface area contributed by atoms with Gasteiger partial charge in [-0.05, 0) is 37.9 Å². The van der Waals surface area contributed by atoms with Crippen molar-refractivity contribution in [3.05, 3.63) is 0 Å². The van der Waals surface area contributed by atoms with Gasteiger partial charge >= 0.3 is 0 Å². The van der Waals surface area contributed by atoms with Crippen LogP contribution >= 0.6 is 11.8 Å². The number of carbonyl (C=O) groups is 1. The zero-order valence-corrected chi connectivity index (χ0v) is 12.3. The number of unbranched alkanes of at least 4 members (excludes halogenated alkanes) is 2. The van der Waals surface area contributed by atoms with Crippen LogP contribution in [-0.2, 0) is 4.79 Å². The van der Waals surface area contributed by atoms with Crippen molar-refractivity contribution in [2.24, 2.45) is 5.92 Å². The first-order chi connectivity index (χ1) is 8.17. The quantitative estimate of drug-likeness (QED) is 0.737. The number of nitrogens with one attached hydrogen (secondary N) is 1. The van der Waals surface area contributed by atoms with E-state index < -0.39 is 0 Å². The van der Waals surface area contributed by atoms with Crippen LogP contribution in [0.2, 0.25) is 0 Å². The molecule has 3 heteroatoms.